The fourth-order valence-corrected chi connectivity index (χ4v) is 1.15. The van der Waals surface area contributed by atoms with E-state index in [4.69, 9.17) is 10.9 Å². The van der Waals surface area contributed by atoms with Crippen molar-refractivity contribution in [2.24, 2.45) is 5.84 Å². The van der Waals surface area contributed by atoms with Crippen LogP contribution in [0.25, 0.3) is 0 Å². The first-order valence-corrected chi connectivity index (χ1v) is 4.20. The van der Waals surface area contributed by atoms with E-state index in [0.29, 0.717) is 5.56 Å². The van der Waals surface area contributed by atoms with Crippen LogP contribution in [0.15, 0.2) is 30.3 Å². The first-order valence-electron chi connectivity index (χ1n) is 4.20. The molecule has 5 N–H and O–H groups in total. The van der Waals surface area contributed by atoms with Gasteiger partial charge in [-0.2, -0.15) is 0 Å². The number of amides is 2. The molecular formula is C9H11N3O3. The van der Waals surface area contributed by atoms with E-state index in [1.165, 1.54) is 0 Å². The van der Waals surface area contributed by atoms with Gasteiger partial charge >= 0.3 is 6.09 Å². The molecule has 6 heteroatoms. The van der Waals surface area contributed by atoms with Crippen LogP contribution in [0.4, 0.5) is 4.79 Å². The molecule has 1 aromatic rings. The Labute approximate surface area is 86.1 Å². The molecule has 0 unspecified atom stereocenters. The van der Waals surface area contributed by atoms with Gasteiger partial charge in [-0.05, 0) is 5.56 Å². The molecule has 0 aliphatic carbocycles. The number of carbonyl (C=O) groups excluding carboxylic acids is 1. The third kappa shape index (κ3) is 2.96. The number of hydrazine groups is 1. The number of benzene rings is 1. The minimum atomic E-state index is -1.28. The molecule has 1 rings (SSSR count). The average Bonchev–Trinajstić information content (AvgIpc) is 2.26. The normalized spacial score (nSPS) is 11.5. The van der Waals surface area contributed by atoms with E-state index in [1.54, 1.807) is 30.3 Å². The van der Waals surface area contributed by atoms with Crippen molar-refractivity contribution in [3.8, 4) is 0 Å². The summed E-state index contributed by atoms with van der Waals surface area (Å²) in [5, 5.41) is 10.6. The molecule has 0 fully saturated rings. The number of nitrogens with two attached hydrogens (primary N) is 1. The zero-order valence-corrected chi connectivity index (χ0v) is 7.81. The number of hydrogen-bond donors (Lipinski definition) is 4. The Morgan fingerprint density at radius 3 is 2.33 bits per heavy atom. The van der Waals surface area contributed by atoms with E-state index in [1.807, 2.05) is 5.43 Å². The third-order valence-corrected chi connectivity index (χ3v) is 1.81. The van der Waals surface area contributed by atoms with Crippen LogP contribution in [0.5, 0.6) is 0 Å². The predicted octanol–water partition coefficient (Wildman–Crippen LogP) is -0.0148. The summed E-state index contributed by atoms with van der Waals surface area (Å²) in [7, 11) is 0. The maximum atomic E-state index is 11.3. The van der Waals surface area contributed by atoms with Crippen LogP contribution in [0, 0.1) is 0 Å². The number of rotatable bonds is 3. The van der Waals surface area contributed by atoms with E-state index in [2.05, 4.69) is 5.32 Å². The second-order valence-electron chi connectivity index (χ2n) is 2.80. The van der Waals surface area contributed by atoms with Gasteiger partial charge in [0, 0.05) is 0 Å². The van der Waals surface area contributed by atoms with Crippen LogP contribution in [0.2, 0.25) is 0 Å². The van der Waals surface area contributed by atoms with Crippen molar-refractivity contribution in [2.75, 3.05) is 0 Å². The SMILES string of the molecule is NNC(=O)[C@H](NC(=O)O)c1ccccc1. The first-order chi connectivity index (χ1) is 7.15. The summed E-state index contributed by atoms with van der Waals surface area (Å²) in [5.74, 6) is 4.35. The lowest BCUT2D eigenvalue weighted by atomic mass is 10.1. The van der Waals surface area contributed by atoms with Crippen LogP contribution in [0.3, 0.4) is 0 Å². The molecule has 0 aromatic heterocycles. The largest absolute Gasteiger partial charge is 0.465 e. The standard InChI is InChI=1S/C9H11N3O3/c10-12-8(13)7(11-9(14)15)6-4-2-1-3-5-6/h1-5,7,11H,10H2,(H,12,13)(H,14,15)/t7-/m1/s1. The van der Waals surface area contributed by atoms with E-state index in [0.717, 1.165) is 0 Å². The molecule has 0 saturated carbocycles. The van der Waals surface area contributed by atoms with Gasteiger partial charge in [0.25, 0.3) is 5.91 Å². The second-order valence-corrected chi connectivity index (χ2v) is 2.80. The van der Waals surface area contributed by atoms with Crippen LogP contribution in [-0.2, 0) is 4.79 Å². The molecule has 0 saturated heterocycles. The molecule has 0 heterocycles. The summed E-state index contributed by atoms with van der Waals surface area (Å²) in [5.41, 5.74) is 2.43. The molecule has 0 aliphatic heterocycles. The van der Waals surface area contributed by atoms with Gasteiger partial charge in [0.1, 0.15) is 6.04 Å². The fourth-order valence-electron chi connectivity index (χ4n) is 1.15. The molecule has 0 radical (unpaired) electrons. The van der Waals surface area contributed by atoms with Crippen molar-refractivity contribution in [2.45, 2.75) is 6.04 Å². The number of carboxylic acid groups (broad SMARTS) is 1. The molecular weight excluding hydrogens is 198 g/mol. The zero-order chi connectivity index (χ0) is 11.3. The Hall–Kier alpha value is -2.08. The minimum absolute atomic E-state index is 0.530. The third-order valence-electron chi connectivity index (χ3n) is 1.81. The van der Waals surface area contributed by atoms with Crippen molar-refractivity contribution in [3.63, 3.8) is 0 Å². The van der Waals surface area contributed by atoms with Crippen LogP contribution < -0.4 is 16.6 Å². The van der Waals surface area contributed by atoms with Crippen molar-refractivity contribution in [1.82, 2.24) is 10.7 Å². The highest BCUT2D eigenvalue weighted by Gasteiger charge is 2.21. The topological polar surface area (TPSA) is 104 Å². The van der Waals surface area contributed by atoms with Crippen LogP contribution in [-0.4, -0.2) is 17.1 Å². The maximum Gasteiger partial charge on any atom is 0.405 e. The Morgan fingerprint density at radius 1 is 1.27 bits per heavy atom. The molecule has 15 heavy (non-hydrogen) atoms. The van der Waals surface area contributed by atoms with Gasteiger partial charge in [0.2, 0.25) is 0 Å². The minimum Gasteiger partial charge on any atom is -0.465 e. The number of nitrogens with one attached hydrogen (secondary N) is 2. The summed E-state index contributed by atoms with van der Waals surface area (Å²) in [4.78, 5) is 21.8. The number of hydrogen-bond acceptors (Lipinski definition) is 3. The quantitative estimate of drug-likeness (QED) is 0.319. The van der Waals surface area contributed by atoms with Crippen molar-refractivity contribution < 1.29 is 14.7 Å². The van der Waals surface area contributed by atoms with E-state index < -0.39 is 18.0 Å². The smallest absolute Gasteiger partial charge is 0.405 e. The lowest BCUT2D eigenvalue weighted by Crippen LogP contribution is -2.42. The van der Waals surface area contributed by atoms with E-state index >= 15 is 0 Å². The van der Waals surface area contributed by atoms with Gasteiger partial charge < -0.3 is 10.4 Å². The van der Waals surface area contributed by atoms with Gasteiger partial charge in [-0.1, -0.05) is 30.3 Å². The average molecular weight is 209 g/mol. The number of carbonyl (C=O) groups is 2. The zero-order valence-electron chi connectivity index (χ0n) is 7.81. The summed E-state index contributed by atoms with van der Waals surface area (Å²) in [6, 6.07) is 7.45. The molecule has 0 spiro atoms. The molecule has 1 atom stereocenters. The van der Waals surface area contributed by atoms with Crippen molar-refractivity contribution in [1.29, 1.82) is 0 Å². The Morgan fingerprint density at radius 2 is 1.87 bits per heavy atom. The molecule has 0 bridgehead atoms. The lowest BCUT2D eigenvalue weighted by molar-refractivity contribution is -0.123. The van der Waals surface area contributed by atoms with Crippen molar-refractivity contribution >= 4 is 12.0 Å². The Balaban J connectivity index is 2.91. The molecule has 1 aromatic carbocycles. The van der Waals surface area contributed by atoms with Gasteiger partial charge in [0.15, 0.2) is 0 Å². The lowest BCUT2D eigenvalue weighted by Gasteiger charge is -2.14. The molecule has 0 aliphatic rings. The Bertz CT molecular complexity index is 353. The highest BCUT2D eigenvalue weighted by Crippen LogP contribution is 2.11. The molecule has 2 amide bonds. The predicted molar refractivity (Wildman–Crippen MR) is 52.7 cm³/mol. The van der Waals surface area contributed by atoms with Gasteiger partial charge in [0.05, 0.1) is 0 Å². The summed E-state index contributed by atoms with van der Waals surface area (Å²) in [6.07, 6.45) is -1.28. The van der Waals surface area contributed by atoms with Crippen LogP contribution >= 0.6 is 0 Å². The molecule has 80 valence electrons. The van der Waals surface area contributed by atoms with Crippen LogP contribution in [0.1, 0.15) is 11.6 Å². The maximum absolute atomic E-state index is 11.3. The first kappa shape index (κ1) is 11.0. The summed E-state index contributed by atoms with van der Waals surface area (Å²) in [6.45, 7) is 0. The fraction of sp³-hybridized carbons (Fsp3) is 0.111. The van der Waals surface area contributed by atoms with Gasteiger partial charge in [-0.25, -0.2) is 10.6 Å². The molecule has 6 nitrogen and oxygen atoms in total. The highest BCUT2D eigenvalue weighted by atomic mass is 16.4. The monoisotopic (exact) mass is 209 g/mol. The van der Waals surface area contributed by atoms with E-state index in [9.17, 15) is 9.59 Å². The summed E-state index contributed by atoms with van der Waals surface area (Å²) < 4.78 is 0. The second kappa shape index (κ2) is 4.97. The Kier molecular flexibility index (Phi) is 3.64. The van der Waals surface area contributed by atoms with E-state index in [-0.39, 0.29) is 0 Å². The van der Waals surface area contributed by atoms with Gasteiger partial charge in [-0.15, -0.1) is 0 Å². The highest BCUT2D eigenvalue weighted by molar-refractivity contribution is 5.85. The van der Waals surface area contributed by atoms with Gasteiger partial charge in [-0.3, -0.25) is 10.2 Å². The van der Waals surface area contributed by atoms with Crippen molar-refractivity contribution in [3.05, 3.63) is 35.9 Å². The summed E-state index contributed by atoms with van der Waals surface area (Å²) >= 11 is 0.